The summed E-state index contributed by atoms with van der Waals surface area (Å²) in [4.78, 5) is 13.3. The van der Waals surface area contributed by atoms with E-state index in [2.05, 4.69) is 7.05 Å². The van der Waals surface area contributed by atoms with Crippen LogP contribution in [0.4, 0.5) is 8.78 Å². The average molecular weight is 498 g/mol. The first-order chi connectivity index (χ1) is 16.7. The first-order valence-corrected chi connectivity index (χ1v) is 12.8. The predicted molar refractivity (Wildman–Crippen MR) is 136 cm³/mol. The van der Waals surface area contributed by atoms with Gasteiger partial charge in [0.15, 0.2) is 0 Å². The Morgan fingerprint density at radius 2 is 1.86 bits per heavy atom. The van der Waals surface area contributed by atoms with Gasteiger partial charge in [-0.25, -0.2) is 8.78 Å². The number of phenols is 1. The van der Waals surface area contributed by atoms with Crippen molar-refractivity contribution in [3.63, 3.8) is 0 Å². The first kappa shape index (κ1) is 25.2. The standard InChI is InChI=1S/C28H30F2N2O2S/c1-32(11-5-13-35-24-16-21(29)15-22(30)17-24)12-10-20(18-32)27(28(31)34)26-9-3-2-8-25(26)19-6-4-7-23(33)14-19/h2-4,6-9,14-17,20,27H,5,10-13,18H2,1H3,(H2-,31,33,34)/p+1/t20?,27?,32-/m1/s1. The molecule has 3 aromatic carbocycles. The van der Waals surface area contributed by atoms with Gasteiger partial charge in [0.25, 0.3) is 0 Å². The molecule has 1 heterocycles. The number of nitrogens with zero attached hydrogens (tertiary/aromatic N) is 1. The third-order valence-corrected chi connectivity index (χ3v) is 7.95. The topological polar surface area (TPSA) is 63.3 Å². The third-order valence-electron chi connectivity index (χ3n) is 6.89. The van der Waals surface area contributed by atoms with Crippen LogP contribution in [0, 0.1) is 17.6 Å². The van der Waals surface area contributed by atoms with Crippen molar-refractivity contribution in [1.29, 1.82) is 0 Å². The van der Waals surface area contributed by atoms with E-state index in [9.17, 15) is 18.7 Å². The number of carbonyl (C=O) groups excluding carboxylic acids is 1. The van der Waals surface area contributed by atoms with E-state index in [0.717, 1.165) is 65.5 Å². The molecule has 0 bridgehead atoms. The zero-order chi connectivity index (χ0) is 25.0. The molecule has 3 atom stereocenters. The van der Waals surface area contributed by atoms with E-state index in [1.54, 1.807) is 18.2 Å². The SMILES string of the molecule is C[N@@+]1(CCCSc2cc(F)cc(F)c2)CCC(C(C(N)=O)c2ccccc2-c2cccc(O)c2)C1. The van der Waals surface area contributed by atoms with Gasteiger partial charge in [-0.1, -0.05) is 36.4 Å². The molecule has 0 aromatic heterocycles. The Hall–Kier alpha value is -2.90. The highest BCUT2D eigenvalue weighted by atomic mass is 32.2. The minimum Gasteiger partial charge on any atom is -0.508 e. The second-order valence-corrected chi connectivity index (χ2v) is 10.8. The van der Waals surface area contributed by atoms with Crippen LogP contribution in [0.15, 0.2) is 71.6 Å². The number of hydrogen-bond donors (Lipinski definition) is 2. The Morgan fingerprint density at radius 1 is 1.11 bits per heavy atom. The summed E-state index contributed by atoms with van der Waals surface area (Å²) in [6.07, 6.45) is 1.79. The highest BCUT2D eigenvalue weighted by Gasteiger charge is 2.41. The number of hydrogen-bond acceptors (Lipinski definition) is 3. The van der Waals surface area contributed by atoms with Crippen LogP contribution in [0.5, 0.6) is 5.75 Å². The number of phenolic OH excluding ortho intramolecular Hbond substituents is 1. The molecule has 184 valence electrons. The molecule has 1 amide bonds. The molecule has 35 heavy (non-hydrogen) atoms. The lowest BCUT2D eigenvalue weighted by Gasteiger charge is -2.31. The quantitative estimate of drug-likeness (QED) is 0.231. The summed E-state index contributed by atoms with van der Waals surface area (Å²) in [5.41, 5.74) is 8.62. The first-order valence-electron chi connectivity index (χ1n) is 11.8. The van der Waals surface area contributed by atoms with Crippen molar-refractivity contribution in [2.24, 2.45) is 11.7 Å². The maximum Gasteiger partial charge on any atom is 0.225 e. The van der Waals surface area contributed by atoms with Gasteiger partial charge in [-0.2, -0.15) is 0 Å². The molecule has 1 aliphatic rings. The molecule has 3 N–H and O–H groups in total. The molecule has 4 rings (SSSR count). The largest absolute Gasteiger partial charge is 0.508 e. The van der Waals surface area contributed by atoms with Crippen molar-refractivity contribution < 1.29 is 23.2 Å². The van der Waals surface area contributed by atoms with Gasteiger partial charge < -0.3 is 15.3 Å². The molecule has 0 radical (unpaired) electrons. The van der Waals surface area contributed by atoms with E-state index in [0.29, 0.717) is 4.90 Å². The van der Waals surface area contributed by atoms with E-state index in [4.69, 9.17) is 5.73 Å². The van der Waals surface area contributed by atoms with Crippen LogP contribution >= 0.6 is 11.8 Å². The van der Waals surface area contributed by atoms with Crippen molar-refractivity contribution in [3.8, 4) is 16.9 Å². The van der Waals surface area contributed by atoms with Crippen LogP contribution in [-0.2, 0) is 4.79 Å². The van der Waals surface area contributed by atoms with Gasteiger partial charge >= 0.3 is 0 Å². The molecule has 0 aliphatic carbocycles. The predicted octanol–water partition coefficient (Wildman–Crippen LogP) is 5.56. The third kappa shape index (κ3) is 6.21. The zero-order valence-electron chi connectivity index (χ0n) is 19.8. The summed E-state index contributed by atoms with van der Waals surface area (Å²) in [6.45, 7) is 2.70. The van der Waals surface area contributed by atoms with Gasteiger partial charge in [0.2, 0.25) is 5.91 Å². The van der Waals surface area contributed by atoms with E-state index < -0.39 is 17.6 Å². The van der Waals surface area contributed by atoms with Crippen LogP contribution in [0.1, 0.15) is 24.3 Å². The van der Waals surface area contributed by atoms with Crippen molar-refractivity contribution in [1.82, 2.24) is 0 Å². The zero-order valence-corrected chi connectivity index (χ0v) is 20.6. The number of aromatic hydroxyl groups is 1. The summed E-state index contributed by atoms with van der Waals surface area (Å²) in [6, 6.07) is 18.4. The summed E-state index contributed by atoms with van der Waals surface area (Å²) in [7, 11) is 2.20. The van der Waals surface area contributed by atoms with Crippen LogP contribution in [0.2, 0.25) is 0 Å². The molecule has 1 saturated heterocycles. The van der Waals surface area contributed by atoms with Crippen LogP contribution in [0.3, 0.4) is 0 Å². The fourth-order valence-corrected chi connectivity index (χ4v) is 6.19. The molecule has 2 unspecified atom stereocenters. The lowest BCUT2D eigenvalue weighted by molar-refractivity contribution is -0.899. The van der Waals surface area contributed by atoms with Gasteiger partial charge in [0, 0.05) is 35.5 Å². The number of thioether (sulfide) groups is 1. The molecule has 1 aliphatic heterocycles. The van der Waals surface area contributed by atoms with E-state index in [-0.39, 0.29) is 17.6 Å². The van der Waals surface area contributed by atoms with Gasteiger partial charge in [-0.15, -0.1) is 11.8 Å². The summed E-state index contributed by atoms with van der Waals surface area (Å²) in [5, 5.41) is 9.96. The summed E-state index contributed by atoms with van der Waals surface area (Å²) < 4.78 is 27.7. The minimum atomic E-state index is -0.558. The normalized spacial score (nSPS) is 20.6. The number of benzene rings is 3. The molecule has 3 aromatic rings. The number of rotatable bonds is 9. The van der Waals surface area contributed by atoms with Crippen LogP contribution < -0.4 is 5.73 Å². The van der Waals surface area contributed by atoms with E-state index in [1.165, 1.54) is 23.9 Å². The number of carbonyl (C=O) groups is 1. The smallest absolute Gasteiger partial charge is 0.225 e. The van der Waals surface area contributed by atoms with Crippen molar-refractivity contribution >= 4 is 17.7 Å². The van der Waals surface area contributed by atoms with Gasteiger partial charge in [-0.3, -0.25) is 4.79 Å². The highest BCUT2D eigenvalue weighted by Crippen LogP contribution is 2.39. The molecular formula is C28H31F2N2O2S+. The fourth-order valence-electron chi connectivity index (χ4n) is 5.29. The molecule has 1 fully saturated rings. The molecule has 7 heteroatoms. The number of halogens is 2. The lowest BCUT2D eigenvalue weighted by atomic mass is 9.81. The Labute approximate surface area is 209 Å². The second kappa shape index (κ2) is 10.8. The molecule has 0 saturated carbocycles. The molecule has 0 spiro atoms. The van der Waals surface area contributed by atoms with Crippen molar-refractivity contribution in [2.45, 2.75) is 23.7 Å². The number of quaternary nitrogens is 1. The maximum atomic E-state index is 13.4. The highest BCUT2D eigenvalue weighted by molar-refractivity contribution is 7.99. The summed E-state index contributed by atoms with van der Waals surface area (Å²) in [5.74, 6) is -0.813. The Kier molecular flexibility index (Phi) is 7.77. The second-order valence-electron chi connectivity index (χ2n) is 9.62. The summed E-state index contributed by atoms with van der Waals surface area (Å²) >= 11 is 1.46. The Balaban J connectivity index is 1.44. The van der Waals surface area contributed by atoms with Gasteiger partial charge in [0.1, 0.15) is 17.4 Å². The van der Waals surface area contributed by atoms with E-state index >= 15 is 0 Å². The van der Waals surface area contributed by atoms with Crippen LogP contribution in [-0.4, -0.2) is 47.9 Å². The molecular weight excluding hydrogens is 466 g/mol. The van der Waals surface area contributed by atoms with Crippen molar-refractivity contribution in [3.05, 3.63) is 83.9 Å². The fraction of sp³-hybridized carbons (Fsp3) is 0.321. The van der Waals surface area contributed by atoms with Crippen LogP contribution in [0.25, 0.3) is 11.1 Å². The van der Waals surface area contributed by atoms with Crippen molar-refractivity contribution in [2.75, 3.05) is 32.4 Å². The lowest BCUT2D eigenvalue weighted by Crippen LogP contribution is -2.43. The number of likely N-dealkylation sites (tertiary alicyclic amines) is 1. The van der Waals surface area contributed by atoms with E-state index in [1.807, 2.05) is 30.3 Å². The van der Waals surface area contributed by atoms with Gasteiger partial charge in [0.05, 0.1) is 32.6 Å². The Bertz CT molecular complexity index is 1180. The number of amides is 1. The number of nitrogens with two attached hydrogens (primary N) is 1. The minimum absolute atomic E-state index is 0.112. The maximum absolute atomic E-state index is 13.4. The number of primary amides is 1. The van der Waals surface area contributed by atoms with Gasteiger partial charge in [-0.05, 0) is 41.0 Å². The Morgan fingerprint density at radius 3 is 2.57 bits per heavy atom. The molecule has 4 nitrogen and oxygen atoms in total. The monoisotopic (exact) mass is 497 g/mol. The average Bonchev–Trinajstić information content (AvgIpc) is 3.18.